The van der Waals surface area contributed by atoms with E-state index in [-0.39, 0.29) is 11.5 Å². The molecule has 0 aromatic carbocycles. The van der Waals surface area contributed by atoms with E-state index in [4.69, 9.17) is 10.8 Å². The molecule has 2 rings (SSSR count). The van der Waals surface area contributed by atoms with Gasteiger partial charge >= 0.3 is 5.97 Å². The van der Waals surface area contributed by atoms with Gasteiger partial charge in [-0.3, -0.25) is 4.79 Å². The van der Waals surface area contributed by atoms with Crippen molar-refractivity contribution >= 4 is 28.4 Å². The second-order valence-electron chi connectivity index (χ2n) is 4.22. The van der Waals surface area contributed by atoms with Crippen LogP contribution < -0.4 is 11.1 Å². The maximum absolute atomic E-state index is 11.9. The van der Waals surface area contributed by atoms with Crippen LogP contribution in [0, 0.1) is 12.3 Å². The minimum absolute atomic E-state index is 0.0659. The molecule has 1 aromatic heterocycles. The van der Waals surface area contributed by atoms with Gasteiger partial charge in [-0.1, -0.05) is 0 Å². The molecular weight excluding hydrogens is 242 g/mol. The lowest BCUT2D eigenvalue weighted by atomic mass is 10.1. The standard InChI is InChI=1S/C10H13N3O3S/c1-5-6(8(14)15)7(17-13-5)12-9(16)10(4-11)2-3-10/h2-4,11H2,1H3,(H,12,16)(H,14,15). The summed E-state index contributed by atoms with van der Waals surface area (Å²) in [5.74, 6) is -1.28. The molecule has 1 aromatic rings. The van der Waals surface area contributed by atoms with Crippen molar-refractivity contribution in [3.63, 3.8) is 0 Å². The maximum Gasteiger partial charge on any atom is 0.340 e. The van der Waals surface area contributed by atoms with Gasteiger partial charge < -0.3 is 16.2 Å². The van der Waals surface area contributed by atoms with E-state index in [1.54, 1.807) is 6.92 Å². The number of rotatable bonds is 4. The average Bonchev–Trinajstić information content (AvgIpc) is 2.99. The molecule has 1 aliphatic rings. The van der Waals surface area contributed by atoms with Crippen molar-refractivity contribution in [1.29, 1.82) is 0 Å². The Morgan fingerprint density at radius 2 is 2.24 bits per heavy atom. The van der Waals surface area contributed by atoms with E-state index in [2.05, 4.69) is 9.69 Å². The van der Waals surface area contributed by atoms with E-state index >= 15 is 0 Å². The Hall–Kier alpha value is -1.47. The van der Waals surface area contributed by atoms with Gasteiger partial charge in [0.05, 0.1) is 11.1 Å². The van der Waals surface area contributed by atoms with Gasteiger partial charge in [0.1, 0.15) is 10.6 Å². The predicted octanol–water partition coefficient (Wildman–Crippen LogP) is 0.827. The number of carboxylic acids is 1. The molecule has 17 heavy (non-hydrogen) atoms. The number of nitrogens with two attached hydrogens (primary N) is 1. The molecule has 0 aliphatic heterocycles. The second-order valence-corrected chi connectivity index (χ2v) is 4.99. The topological polar surface area (TPSA) is 105 Å². The summed E-state index contributed by atoms with van der Waals surface area (Å²) in [5.41, 5.74) is 5.52. The van der Waals surface area contributed by atoms with Gasteiger partial charge in [0.2, 0.25) is 5.91 Å². The van der Waals surface area contributed by atoms with Crippen molar-refractivity contribution in [2.75, 3.05) is 11.9 Å². The minimum atomic E-state index is -1.08. The smallest absolute Gasteiger partial charge is 0.340 e. The Kier molecular flexibility index (Phi) is 2.88. The lowest BCUT2D eigenvalue weighted by molar-refractivity contribution is -0.120. The molecule has 1 heterocycles. The van der Waals surface area contributed by atoms with Crippen LogP contribution in [0.1, 0.15) is 28.9 Å². The van der Waals surface area contributed by atoms with E-state index < -0.39 is 11.4 Å². The fourth-order valence-corrected chi connectivity index (χ4v) is 2.40. The van der Waals surface area contributed by atoms with E-state index in [1.807, 2.05) is 0 Å². The van der Waals surface area contributed by atoms with Crippen molar-refractivity contribution in [3.05, 3.63) is 11.3 Å². The first kappa shape index (κ1) is 12.0. The SMILES string of the molecule is Cc1nsc(NC(=O)C2(CN)CC2)c1C(=O)O. The lowest BCUT2D eigenvalue weighted by Gasteiger charge is -2.11. The largest absolute Gasteiger partial charge is 0.478 e. The number of aromatic nitrogens is 1. The van der Waals surface area contributed by atoms with E-state index in [9.17, 15) is 9.59 Å². The summed E-state index contributed by atoms with van der Waals surface area (Å²) in [7, 11) is 0. The summed E-state index contributed by atoms with van der Waals surface area (Å²) in [5, 5.41) is 11.9. The third-order valence-electron chi connectivity index (χ3n) is 3.03. The van der Waals surface area contributed by atoms with Crippen LogP contribution in [0.5, 0.6) is 0 Å². The minimum Gasteiger partial charge on any atom is -0.478 e. The van der Waals surface area contributed by atoms with Crippen LogP contribution in [0.2, 0.25) is 0 Å². The van der Waals surface area contributed by atoms with Gasteiger partial charge in [-0.2, -0.15) is 4.37 Å². The first-order valence-electron chi connectivity index (χ1n) is 5.21. The molecule has 0 atom stereocenters. The molecule has 0 radical (unpaired) electrons. The molecule has 7 heteroatoms. The fourth-order valence-electron chi connectivity index (χ4n) is 1.62. The number of hydrogen-bond acceptors (Lipinski definition) is 5. The number of aromatic carboxylic acids is 1. The van der Waals surface area contributed by atoms with E-state index in [0.717, 1.165) is 24.4 Å². The highest BCUT2D eigenvalue weighted by Crippen LogP contribution is 2.45. The summed E-state index contributed by atoms with van der Waals surface area (Å²) in [6.07, 6.45) is 1.52. The monoisotopic (exact) mass is 255 g/mol. The highest BCUT2D eigenvalue weighted by atomic mass is 32.1. The number of amides is 1. The highest BCUT2D eigenvalue weighted by Gasteiger charge is 2.48. The summed E-state index contributed by atoms with van der Waals surface area (Å²) in [4.78, 5) is 22.9. The molecule has 0 bridgehead atoms. The van der Waals surface area contributed by atoms with Crippen molar-refractivity contribution in [2.45, 2.75) is 19.8 Å². The molecule has 4 N–H and O–H groups in total. The van der Waals surface area contributed by atoms with Gasteiger partial charge in [0.15, 0.2) is 0 Å². The van der Waals surface area contributed by atoms with Crippen LogP contribution in [0.15, 0.2) is 0 Å². The number of nitrogens with one attached hydrogen (secondary N) is 1. The number of anilines is 1. The normalized spacial score (nSPS) is 16.6. The fraction of sp³-hybridized carbons (Fsp3) is 0.500. The summed E-state index contributed by atoms with van der Waals surface area (Å²) >= 11 is 0.984. The van der Waals surface area contributed by atoms with Crippen molar-refractivity contribution in [3.8, 4) is 0 Å². The molecule has 6 nitrogen and oxygen atoms in total. The Morgan fingerprint density at radius 1 is 1.59 bits per heavy atom. The van der Waals surface area contributed by atoms with Crippen LogP contribution in [-0.2, 0) is 4.79 Å². The lowest BCUT2D eigenvalue weighted by Crippen LogP contribution is -2.31. The zero-order chi connectivity index (χ0) is 12.6. The van der Waals surface area contributed by atoms with E-state index in [1.165, 1.54) is 0 Å². The number of aryl methyl sites for hydroxylation is 1. The Bertz CT molecular complexity index is 479. The van der Waals surface area contributed by atoms with Crippen LogP contribution in [-0.4, -0.2) is 27.9 Å². The first-order chi connectivity index (χ1) is 8.00. The van der Waals surface area contributed by atoms with E-state index in [0.29, 0.717) is 17.2 Å². The van der Waals surface area contributed by atoms with Crippen molar-refractivity contribution < 1.29 is 14.7 Å². The zero-order valence-corrected chi connectivity index (χ0v) is 10.1. The highest BCUT2D eigenvalue weighted by molar-refractivity contribution is 7.11. The molecule has 1 aliphatic carbocycles. The third kappa shape index (κ3) is 2.03. The number of carbonyl (C=O) groups excluding carboxylic acids is 1. The summed E-state index contributed by atoms with van der Waals surface area (Å²) < 4.78 is 3.93. The van der Waals surface area contributed by atoms with Crippen molar-refractivity contribution in [2.24, 2.45) is 11.1 Å². The van der Waals surface area contributed by atoms with Gasteiger partial charge in [0.25, 0.3) is 0 Å². The van der Waals surface area contributed by atoms with Crippen LogP contribution in [0.3, 0.4) is 0 Å². The van der Waals surface area contributed by atoms with Crippen LogP contribution in [0.4, 0.5) is 5.00 Å². The van der Waals surface area contributed by atoms with Gasteiger partial charge in [-0.25, -0.2) is 4.79 Å². The maximum atomic E-state index is 11.9. The Morgan fingerprint density at radius 3 is 2.71 bits per heavy atom. The van der Waals surface area contributed by atoms with Crippen molar-refractivity contribution in [1.82, 2.24) is 4.37 Å². The number of nitrogens with zero attached hydrogens (tertiary/aromatic N) is 1. The zero-order valence-electron chi connectivity index (χ0n) is 9.32. The van der Waals surface area contributed by atoms with Crippen LogP contribution >= 0.6 is 11.5 Å². The number of carbonyl (C=O) groups is 2. The molecule has 1 amide bonds. The molecule has 0 spiro atoms. The summed E-state index contributed by atoms with van der Waals surface area (Å²) in [6, 6.07) is 0. The van der Waals surface area contributed by atoms with Gasteiger partial charge in [-0.05, 0) is 31.3 Å². The average molecular weight is 255 g/mol. The Balaban J connectivity index is 2.19. The van der Waals surface area contributed by atoms with Crippen LogP contribution in [0.25, 0.3) is 0 Å². The number of hydrogen-bond donors (Lipinski definition) is 3. The molecular formula is C10H13N3O3S. The molecule has 92 valence electrons. The molecule has 0 saturated heterocycles. The van der Waals surface area contributed by atoms with Gasteiger partial charge in [-0.15, -0.1) is 0 Å². The third-order valence-corrected chi connectivity index (χ3v) is 3.88. The quantitative estimate of drug-likeness (QED) is 0.739. The molecule has 1 saturated carbocycles. The molecule has 0 unspecified atom stereocenters. The predicted molar refractivity (Wildman–Crippen MR) is 63.2 cm³/mol. The Labute approximate surface area is 102 Å². The second kappa shape index (κ2) is 4.08. The molecule has 1 fully saturated rings. The number of carboxylic acid groups (broad SMARTS) is 1. The van der Waals surface area contributed by atoms with Gasteiger partial charge in [0, 0.05) is 6.54 Å². The summed E-state index contributed by atoms with van der Waals surface area (Å²) in [6.45, 7) is 1.89. The first-order valence-corrected chi connectivity index (χ1v) is 5.98.